The molecule has 0 saturated carbocycles. The number of carbonyl (C=O) groups excluding carboxylic acids is 1. The molecule has 0 aromatic carbocycles. The molecule has 0 spiro atoms. The Kier molecular flexibility index (Phi) is 4.96. The summed E-state index contributed by atoms with van der Waals surface area (Å²) in [6.45, 7) is 8.34. The van der Waals surface area contributed by atoms with Crippen molar-refractivity contribution in [2.75, 3.05) is 24.6 Å². The van der Waals surface area contributed by atoms with E-state index in [4.69, 9.17) is 0 Å². The Bertz CT molecular complexity index is 501. The first-order valence-electron chi connectivity index (χ1n) is 7.21. The Morgan fingerprint density at radius 3 is 2.60 bits per heavy atom. The van der Waals surface area contributed by atoms with Crippen LogP contribution in [0.5, 0.6) is 0 Å². The zero-order chi connectivity index (χ0) is 14.7. The van der Waals surface area contributed by atoms with Gasteiger partial charge in [-0.3, -0.25) is 13.7 Å². The Balaban J connectivity index is 2.17. The third-order valence-corrected chi connectivity index (χ3v) is 4.79. The molecule has 0 atom stereocenters. The van der Waals surface area contributed by atoms with Crippen molar-refractivity contribution in [2.45, 2.75) is 33.7 Å². The summed E-state index contributed by atoms with van der Waals surface area (Å²) in [7, 11) is -0.758. The van der Waals surface area contributed by atoms with Gasteiger partial charge >= 0.3 is 0 Å². The molecule has 0 aliphatic carbocycles. The molecular formula is C14H23N3O2S. The van der Waals surface area contributed by atoms with E-state index in [-0.39, 0.29) is 5.91 Å². The van der Waals surface area contributed by atoms with Crippen molar-refractivity contribution >= 4 is 16.7 Å². The fourth-order valence-electron chi connectivity index (χ4n) is 2.48. The molecule has 6 heteroatoms. The zero-order valence-corrected chi connectivity index (χ0v) is 13.3. The van der Waals surface area contributed by atoms with Crippen LogP contribution in [0.1, 0.15) is 36.8 Å². The molecule has 0 unspecified atom stereocenters. The van der Waals surface area contributed by atoms with E-state index in [0.717, 1.165) is 18.7 Å². The molecule has 1 amide bonds. The highest BCUT2D eigenvalue weighted by Crippen LogP contribution is 2.15. The minimum absolute atomic E-state index is 0.0357. The number of aromatic nitrogens is 2. The molecule has 1 fully saturated rings. The lowest BCUT2D eigenvalue weighted by Crippen LogP contribution is -2.42. The number of hydrogen-bond acceptors (Lipinski definition) is 3. The van der Waals surface area contributed by atoms with E-state index in [1.54, 1.807) is 11.1 Å². The highest BCUT2D eigenvalue weighted by molar-refractivity contribution is 7.85. The lowest BCUT2D eigenvalue weighted by Gasteiger charge is -2.26. The van der Waals surface area contributed by atoms with Gasteiger partial charge in [0, 0.05) is 41.9 Å². The first-order chi connectivity index (χ1) is 9.52. The summed E-state index contributed by atoms with van der Waals surface area (Å²) in [6.07, 6.45) is 2.49. The van der Waals surface area contributed by atoms with E-state index in [1.165, 1.54) is 0 Å². The van der Waals surface area contributed by atoms with Crippen LogP contribution in [-0.2, 0) is 23.8 Å². The smallest absolute Gasteiger partial charge is 0.257 e. The van der Waals surface area contributed by atoms with E-state index < -0.39 is 10.8 Å². The van der Waals surface area contributed by atoms with Crippen molar-refractivity contribution in [1.82, 2.24) is 14.7 Å². The average molecular weight is 297 g/mol. The van der Waals surface area contributed by atoms with Gasteiger partial charge in [0.25, 0.3) is 5.91 Å². The van der Waals surface area contributed by atoms with Gasteiger partial charge < -0.3 is 4.90 Å². The monoisotopic (exact) mass is 297 g/mol. The molecule has 0 radical (unpaired) electrons. The van der Waals surface area contributed by atoms with Crippen LogP contribution in [0.15, 0.2) is 6.20 Å². The number of nitrogens with zero attached hydrogens (tertiary/aromatic N) is 3. The first-order valence-corrected chi connectivity index (χ1v) is 8.70. The number of carbonyl (C=O) groups is 1. The van der Waals surface area contributed by atoms with Crippen LogP contribution in [0.25, 0.3) is 0 Å². The molecule has 1 aliphatic heterocycles. The molecule has 1 aliphatic rings. The quantitative estimate of drug-likeness (QED) is 0.842. The van der Waals surface area contributed by atoms with Gasteiger partial charge in [-0.25, -0.2) is 0 Å². The highest BCUT2D eigenvalue weighted by atomic mass is 32.2. The molecule has 1 aromatic heterocycles. The van der Waals surface area contributed by atoms with E-state index in [9.17, 15) is 9.00 Å². The minimum Gasteiger partial charge on any atom is -0.337 e. The molecule has 0 bridgehead atoms. The van der Waals surface area contributed by atoms with Crippen molar-refractivity contribution in [3.63, 3.8) is 0 Å². The van der Waals surface area contributed by atoms with Crippen molar-refractivity contribution in [1.29, 1.82) is 0 Å². The van der Waals surface area contributed by atoms with Gasteiger partial charge in [0.2, 0.25) is 0 Å². The number of hydrogen-bond donors (Lipinski definition) is 0. The maximum atomic E-state index is 12.6. The predicted octanol–water partition coefficient (Wildman–Crippen LogP) is 1.31. The van der Waals surface area contributed by atoms with E-state index in [0.29, 0.717) is 36.1 Å². The highest BCUT2D eigenvalue weighted by Gasteiger charge is 2.25. The van der Waals surface area contributed by atoms with Gasteiger partial charge in [0.05, 0.1) is 17.5 Å². The van der Waals surface area contributed by atoms with Crippen LogP contribution >= 0.6 is 0 Å². The summed E-state index contributed by atoms with van der Waals surface area (Å²) in [5.41, 5.74) is 1.72. The van der Waals surface area contributed by atoms with Crippen LogP contribution in [0.3, 0.4) is 0 Å². The molecule has 0 N–H and O–H groups in total. The maximum absolute atomic E-state index is 12.6. The SMILES string of the molecule is CCc1c(C(=O)N2CCS(=O)CC2)cnn1CC(C)C. The molecule has 2 rings (SSSR count). The van der Waals surface area contributed by atoms with Crippen molar-refractivity contribution in [3.8, 4) is 0 Å². The fourth-order valence-corrected chi connectivity index (χ4v) is 3.53. The molecule has 2 heterocycles. The maximum Gasteiger partial charge on any atom is 0.257 e. The van der Waals surface area contributed by atoms with Gasteiger partial charge in [-0.15, -0.1) is 0 Å². The predicted molar refractivity (Wildman–Crippen MR) is 80.2 cm³/mol. The van der Waals surface area contributed by atoms with Crippen LogP contribution in [-0.4, -0.2) is 49.4 Å². The summed E-state index contributed by atoms with van der Waals surface area (Å²) < 4.78 is 13.3. The van der Waals surface area contributed by atoms with E-state index in [2.05, 4.69) is 25.9 Å². The molecule has 5 nitrogen and oxygen atoms in total. The largest absolute Gasteiger partial charge is 0.337 e. The third kappa shape index (κ3) is 3.29. The van der Waals surface area contributed by atoms with Crippen molar-refractivity contribution in [3.05, 3.63) is 17.5 Å². The molecule has 1 saturated heterocycles. The number of rotatable bonds is 4. The van der Waals surface area contributed by atoms with Crippen LogP contribution in [0, 0.1) is 5.92 Å². The van der Waals surface area contributed by atoms with Crippen molar-refractivity contribution in [2.24, 2.45) is 5.92 Å². The van der Waals surface area contributed by atoms with Crippen LogP contribution in [0.4, 0.5) is 0 Å². The van der Waals surface area contributed by atoms with Gasteiger partial charge in [-0.1, -0.05) is 20.8 Å². The average Bonchev–Trinajstić information content (AvgIpc) is 2.80. The van der Waals surface area contributed by atoms with Crippen LogP contribution < -0.4 is 0 Å². The molecule has 20 heavy (non-hydrogen) atoms. The summed E-state index contributed by atoms with van der Waals surface area (Å²) >= 11 is 0. The zero-order valence-electron chi connectivity index (χ0n) is 12.5. The van der Waals surface area contributed by atoms with Gasteiger partial charge in [0.15, 0.2) is 0 Å². The lowest BCUT2D eigenvalue weighted by atomic mass is 10.1. The van der Waals surface area contributed by atoms with Crippen molar-refractivity contribution < 1.29 is 9.00 Å². The molecule has 112 valence electrons. The fraction of sp³-hybridized carbons (Fsp3) is 0.714. The Morgan fingerprint density at radius 1 is 1.40 bits per heavy atom. The first kappa shape index (κ1) is 15.2. The second kappa shape index (κ2) is 6.52. The van der Waals surface area contributed by atoms with Gasteiger partial charge in [-0.05, 0) is 12.3 Å². The van der Waals surface area contributed by atoms with Gasteiger partial charge in [-0.2, -0.15) is 5.10 Å². The summed E-state index contributed by atoms with van der Waals surface area (Å²) in [5.74, 6) is 1.72. The summed E-state index contributed by atoms with van der Waals surface area (Å²) in [6, 6.07) is 0. The van der Waals surface area contributed by atoms with E-state index in [1.807, 2.05) is 4.68 Å². The number of amides is 1. The minimum atomic E-state index is -0.758. The second-order valence-corrected chi connectivity index (χ2v) is 7.27. The Morgan fingerprint density at radius 2 is 2.05 bits per heavy atom. The Hall–Kier alpha value is -1.17. The second-order valence-electron chi connectivity index (χ2n) is 5.57. The Labute approximate surface area is 122 Å². The lowest BCUT2D eigenvalue weighted by molar-refractivity contribution is 0.0770. The summed E-state index contributed by atoms with van der Waals surface area (Å²) in [5, 5.41) is 4.37. The summed E-state index contributed by atoms with van der Waals surface area (Å²) in [4.78, 5) is 14.4. The molecule has 1 aromatic rings. The van der Waals surface area contributed by atoms with E-state index >= 15 is 0 Å². The van der Waals surface area contributed by atoms with Gasteiger partial charge in [0.1, 0.15) is 0 Å². The standard InChI is InChI=1S/C14H23N3O2S/c1-4-13-12(9-15-17(13)10-11(2)3)14(18)16-5-7-20(19)8-6-16/h9,11H,4-8,10H2,1-3H3. The molecular weight excluding hydrogens is 274 g/mol. The van der Waals surface area contributed by atoms with Crippen LogP contribution in [0.2, 0.25) is 0 Å². The topological polar surface area (TPSA) is 55.2 Å². The third-order valence-electron chi connectivity index (χ3n) is 3.52. The normalized spacial score (nSPS) is 16.9.